The maximum Gasteiger partial charge on any atom is 0.407 e. The number of rotatable bonds is 12. The highest BCUT2D eigenvalue weighted by Crippen LogP contribution is 2.38. The average molecular weight is 799 g/mol. The predicted molar refractivity (Wildman–Crippen MR) is 223 cm³/mol. The van der Waals surface area contributed by atoms with E-state index in [4.69, 9.17) is 14.6 Å². The van der Waals surface area contributed by atoms with Crippen molar-refractivity contribution in [3.8, 4) is 23.1 Å². The van der Waals surface area contributed by atoms with Gasteiger partial charge in [0, 0.05) is 24.2 Å². The van der Waals surface area contributed by atoms with Crippen LogP contribution in [0.5, 0.6) is 0 Å². The van der Waals surface area contributed by atoms with Crippen LogP contribution < -0.4 is 5.32 Å². The first-order chi connectivity index (χ1) is 28.6. The van der Waals surface area contributed by atoms with Gasteiger partial charge in [0.15, 0.2) is 0 Å². The van der Waals surface area contributed by atoms with E-state index in [0.717, 1.165) is 64.9 Å². The number of likely N-dealkylation sites (tertiary alicyclic amines) is 2. The third-order valence-corrected chi connectivity index (χ3v) is 11.2. The topological polar surface area (TPSA) is 167 Å². The summed E-state index contributed by atoms with van der Waals surface area (Å²) in [5.74, 6) is 7.71. The van der Waals surface area contributed by atoms with E-state index >= 15 is 0 Å². The second kappa shape index (κ2) is 18.0. The second-order valence-corrected chi connectivity index (χ2v) is 15.2. The molecule has 2 aromatic heterocycles. The molecule has 2 saturated heterocycles. The number of carbonyl (C=O) groups excluding carboxylic acids is 3. The molecule has 4 heterocycles. The fourth-order valence-corrected chi connectivity index (χ4v) is 8.11. The van der Waals surface area contributed by atoms with Gasteiger partial charge in [-0.3, -0.25) is 9.59 Å². The molecule has 59 heavy (non-hydrogen) atoms. The lowest BCUT2D eigenvalue weighted by molar-refractivity contribution is -0.188. The van der Waals surface area contributed by atoms with Crippen molar-refractivity contribution in [2.24, 2.45) is 10.9 Å². The van der Waals surface area contributed by atoms with Crippen LogP contribution in [0.15, 0.2) is 84.0 Å². The SMILES string of the molecule is CCC(NC(=O)OC)(C(=O)N1CCC[C@H]1c1nc2ccc(C#Cc3ccc(-c4cnc([C@@H]5CCCN5C(=O)[C@@H](N=COOC)C(C)C)[nH]4)cc3)cc2[nH]1)c1ccccc1. The number of benzene rings is 3. The van der Waals surface area contributed by atoms with Gasteiger partial charge in [-0.1, -0.05) is 75.1 Å². The molecule has 4 atom stereocenters. The van der Waals surface area contributed by atoms with E-state index < -0.39 is 17.7 Å². The lowest BCUT2D eigenvalue weighted by atomic mass is 9.85. The van der Waals surface area contributed by atoms with E-state index in [-0.39, 0.29) is 29.8 Å². The summed E-state index contributed by atoms with van der Waals surface area (Å²) in [6, 6.07) is 22.1. The highest BCUT2D eigenvalue weighted by atomic mass is 17.2. The summed E-state index contributed by atoms with van der Waals surface area (Å²) in [7, 11) is 2.68. The van der Waals surface area contributed by atoms with Crippen molar-refractivity contribution < 1.29 is 28.9 Å². The highest BCUT2D eigenvalue weighted by molar-refractivity contribution is 5.92. The maximum atomic E-state index is 14.5. The number of H-pyrrole nitrogens is 2. The van der Waals surface area contributed by atoms with Crippen LogP contribution in [0.2, 0.25) is 0 Å². The highest BCUT2D eigenvalue weighted by Gasteiger charge is 2.47. The summed E-state index contributed by atoms with van der Waals surface area (Å²) in [6.07, 6.45) is 5.88. The Balaban J connectivity index is 1.04. The molecule has 2 aliphatic rings. The Morgan fingerprint density at radius 2 is 1.63 bits per heavy atom. The van der Waals surface area contributed by atoms with Gasteiger partial charge in [0.05, 0.1) is 49.2 Å². The number of hydrogen-bond acceptors (Lipinski definition) is 9. The van der Waals surface area contributed by atoms with Crippen molar-refractivity contribution >= 4 is 35.3 Å². The number of ether oxygens (including phenoxy) is 1. The van der Waals surface area contributed by atoms with Crippen LogP contribution in [0.1, 0.15) is 93.3 Å². The monoisotopic (exact) mass is 798 g/mol. The smallest absolute Gasteiger partial charge is 0.407 e. The summed E-state index contributed by atoms with van der Waals surface area (Å²) in [5.41, 5.74) is 4.48. The van der Waals surface area contributed by atoms with E-state index in [1.807, 2.05) is 103 Å². The van der Waals surface area contributed by atoms with Gasteiger partial charge in [-0.05, 0) is 79.5 Å². The summed E-state index contributed by atoms with van der Waals surface area (Å²) in [6.45, 7) is 6.98. The number of carbonyl (C=O) groups is 3. The van der Waals surface area contributed by atoms with Gasteiger partial charge in [0.1, 0.15) is 23.2 Å². The van der Waals surface area contributed by atoms with Gasteiger partial charge < -0.3 is 34.7 Å². The maximum absolute atomic E-state index is 14.5. The molecule has 306 valence electrons. The second-order valence-electron chi connectivity index (χ2n) is 15.2. The first kappa shape index (κ1) is 40.7. The van der Waals surface area contributed by atoms with Crippen molar-refractivity contribution in [1.29, 1.82) is 0 Å². The lowest BCUT2D eigenvalue weighted by Crippen LogP contribution is -2.57. The molecular weight excluding hydrogens is 749 g/mol. The standard InChI is InChI=1S/C45H50N8O6/c1-6-45(51-44(56)57-4,33-12-8-7-9-13-33)43(55)53-25-11-15-38(53)41-48-34-23-20-31(26-35(34)49-41)17-16-30-18-21-32(22-19-30)36-27-46-40(50-36)37-14-10-24-52(37)42(54)39(29(2)3)47-28-59-58-5/h7-9,12-13,18-23,26-29,37-39H,6,10-11,14-15,24-25H2,1-5H3,(H,46,50)(H,48,49)(H,51,56)/t37-,38-,39-,45?/m0/s1. The third-order valence-electron chi connectivity index (χ3n) is 11.2. The number of aromatic amines is 2. The Morgan fingerprint density at radius 3 is 2.32 bits per heavy atom. The molecule has 3 amide bonds. The van der Waals surface area contributed by atoms with Crippen molar-refractivity contribution in [3.05, 3.63) is 107 Å². The zero-order chi connectivity index (χ0) is 41.5. The van der Waals surface area contributed by atoms with Crippen LogP contribution in [0, 0.1) is 17.8 Å². The summed E-state index contributed by atoms with van der Waals surface area (Å²) in [5, 5.41) is 2.87. The molecule has 0 spiro atoms. The van der Waals surface area contributed by atoms with Crippen molar-refractivity contribution in [1.82, 2.24) is 35.1 Å². The van der Waals surface area contributed by atoms with Gasteiger partial charge >= 0.3 is 6.09 Å². The van der Waals surface area contributed by atoms with Crippen LogP contribution in [0.25, 0.3) is 22.3 Å². The average Bonchev–Trinajstić information content (AvgIpc) is 4.10. The molecule has 3 N–H and O–H groups in total. The van der Waals surface area contributed by atoms with Gasteiger partial charge in [0.2, 0.25) is 12.3 Å². The fraction of sp³-hybridized carbons (Fsp3) is 0.378. The van der Waals surface area contributed by atoms with Crippen LogP contribution in [0.4, 0.5) is 4.79 Å². The zero-order valence-corrected chi connectivity index (χ0v) is 34.0. The number of nitrogens with one attached hydrogen (secondary N) is 3. The van der Waals surface area contributed by atoms with Gasteiger partial charge in [-0.25, -0.2) is 19.8 Å². The molecular formula is C45H50N8O6. The number of methoxy groups -OCH3 is 1. The molecule has 1 unspecified atom stereocenters. The van der Waals surface area contributed by atoms with E-state index in [1.165, 1.54) is 20.6 Å². The molecule has 0 bridgehead atoms. The molecule has 2 fully saturated rings. The molecule has 5 aromatic rings. The number of alkyl carbamates (subject to hydrolysis) is 1. The largest absolute Gasteiger partial charge is 0.453 e. The Hall–Kier alpha value is -6.46. The fourth-order valence-electron chi connectivity index (χ4n) is 8.11. The number of fused-ring (bicyclic) bond motifs is 1. The van der Waals surface area contributed by atoms with Gasteiger partial charge in [-0.15, -0.1) is 0 Å². The number of nitrogens with zero attached hydrogens (tertiary/aromatic N) is 5. The molecule has 2 aliphatic heterocycles. The van der Waals surface area contributed by atoms with E-state index in [1.54, 1.807) is 6.20 Å². The molecule has 14 nitrogen and oxygen atoms in total. The summed E-state index contributed by atoms with van der Waals surface area (Å²) >= 11 is 0. The van der Waals surface area contributed by atoms with Crippen molar-refractivity contribution in [3.63, 3.8) is 0 Å². The van der Waals surface area contributed by atoms with E-state index in [9.17, 15) is 14.4 Å². The Labute approximate surface area is 343 Å². The summed E-state index contributed by atoms with van der Waals surface area (Å²) < 4.78 is 4.95. The minimum absolute atomic E-state index is 0.0186. The van der Waals surface area contributed by atoms with Crippen molar-refractivity contribution in [2.75, 3.05) is 27.3 Å². The minimum atomic E-state index is -1.29. The zero-order valence-electron chi connectivity index (χ0n) is 34.0. The molecule has 0 radical (unpaired) electrons. The van der Waals surface area contributed by atoms with Crippen LogP contribution >= 0.6 is 0 Å². The number of hydrogen-bond donors (Lipinski definition) is 3. The number of aliphatic imine (C=N–C) groups is 1. The summed E-state index contributed by atoms with van der Waals surface area (Å²) in [4.78, 5) is 74.5. The minimum Gasteiger partial charge on any atom is -0.453 e. The van der Waals surface area contributed by atoms with E-state index in [0.29, 0.717) is 30.9 Å². The normalized spacial score (nSPS) is 18.1. The molecule has 0 saturated carbocycles. The van der Waals surface area contributed by atoms with Crippen molar-refractivity contribution in [2.45, 2.75) is 76.5 Å². The Morgan fingerprint density at radius 1 is 0.932 bits per heavy atom. The number of imidazole rings is 2. The number of amides is 3. The first-order valence-electron chi connectivity index (χ1n) is 20.1. The first-order valence-corrected chi connectivity index (χ1v) is 20.1. The van der Waals surface area contributed by atoms with Gasteiger partial charge in [-0.2, -0.15) is 4.89 Å². The van der Waals surface area contributed by atoms with Gasteiger partial charge in [0.25, 0.3) is 5.91 Å². The molecule has 14 heteroatoms. The van der Waals surface area contributed by atoms with Crippen LogP contribution in [-0.4, -0.2) is 87.4 Å². The quantitative estimate of drug-likeness (QED) is 0.0400. The predicted octanol–water partition coefficient (Wildman–Crippen LogP) is 6.97. The molecule has 3 aromatic carbocycles. The van der Waals surface area contributed by atoms with E-state index in [2.05, 4.69) is 42.0 Å². The Bertz CT molecular complexity index is 2360. The third kappa shape index (κ3) is 8.56. The lowest BCUT2D eigenvalue weighted by Gasteiger charge is -2.37. The molecule has 7 rings (SSSR count). The molecule has 0 aliphatic carbocycles. The van der Waals surface area contributed by atoms with Crippen LogP contribution in [0.3, 0.4) is 0 Å². The van der Waals surface area contributed by atoms with Crippen LogP contribution in [-0.2, 0) is 29.6 Å². The number of aromatic nitrogens is 4. The Kier molecular flexibility index (Phi) is 12.4.